The number of amides is 1. The maximum absolute atomic E-state index is 11.9. The lowest BCUT2D eigenvalue weighted by atomic mass is 9.96. The van der Waals surface area contributed by atoms with Gasteiger partial charge in [0.25, 0.3) is 0 Å². The van der Waals surface area contributed by atoms with Gasteiger partial charge in [0, 0.05) is 19.6 Å². The molecule has 1 aliphatic rings. The second-order valence-corrected chi connectivity index (χ2v) is 5.68. The minimum absolute atomic E-state index is 0.278. The van der Waals surface area contributed by atoms with Gasteiger partial charge in [0.15, 0.2) is 0 Å². The van der Waals surface area contributed by atoms with Crippen LogP contribution >= 0.6 is 11.6 Å². The molecule has 2 N–H and O–H groups in total. The third kappa shape index (κ3) is 3.85. The van der Waals surface area contributed by atoms with Gasteiger partial charge in [-0.05, 0) is 18.4 Å². The smallest absolute Gasteiger partial charge is 0.410 e. The van der Waals surface area contributed by atoms with Gasteiger partial charge in [-0.25, -0.2) is 4.79 Å². The number of benzene rings is 1. The Morgan fingerprint density at radius 2 is 1.95 bits per heavy atom. The first-order chi connectivity index (χ1) is 9.13. The van der Waals surface area contributed by atoms with Crippen LogP contribution in [0.5, 0.6) is 0 Å². The number of likely N-dealkylation sites (tertiary alicyclic amines) is 1. The molecule has 5 heteroatoms. The summed E-state index contributed by atoms with van der Waals surface area (Å²) in [5.41, 5.74) is 6.61. The first-order valence-electron chi connectivity index (χ1n) is 6.48. The summed E-state index contributed by atoms with van der Waals surface area (Å²) in [6, 6.07) is 9.65. The van der Waals surface area contributed by atoms with Crippen LogP contribution in [0.2, 0.25) is 0 Å². The quantitative estimate of drug-likeness (QED) is 0.866. The Bertz CT molecular complexity index is 417. The molecule has 19 heavy (non-hydrogen) atoms. The first-order valence-corrected chi connectivity index (χ1v) is 6.85. The summed E-state index contributed by atoms with van der Waals surface area (Å²) in [5, 5.41) is 0. The fourth-order valence-corrected chi connectivity index (χ4v) is 2.27. The van der Waals surface area contributed by atoms with E-state index in [4.69, 9.17) is 22.1 Å². The van der Waals surface area contributed by atoms with Crippen molar-refractivity contribution in [3.05, 3.63) is 35.9 Å². The maximum Gasteiger partial charge on any atom is 0.410 e. The minimum Gasteiger partial charge on any atom is -0.445 e. The number of carbonyl (C=O) groups excluding carboxylic acids is 1. The molecule has 1 saturated heterocycles. The Morgan fingerprint density at radius 1 is 1.32 bits per heavy atom. The van der Waals surface area contributed by atoms with E-state index in [0.29, 0.717) is 39.1 Å². The highest BCUT2D eigenvalue weighted by Crippen LogP contribution is 2.28. The zero-order valence-corrected chi connectivity index (χ0v) is 11.6. The van der Waals surface area contributed by atoms with E-state index in [9.17, 15) is 4.79 Å². The molecule has 0 saturated carbocycles. The molecule has 0 spiro atoms. The topological polar surface area (TPSA) is 55.6 Å². The zero-order chi connectivity index (χ0) is 13.7. The lowest BCUT2D eigenvalue weighted by Crippen LogP contribution is -2.47. The number of hydrogen-bond donors (Lipinski definition) is 1. The average Bonchev–Trinajstić information content (AvgIpc) is 2.47. The van der Waals surface area contributed by atoms with Crippen LogP contribution in [0, 0.1) is 0 Å². The molecule has 104 valence electrons. The molecule has 1 aromatic rings. The van der Waals surface area contributed by atoms with Gasteiger partial charge in [-0.2, -0.15) is 0 Å². The van der Waals surface area contributed by atoms with Gasteiger partial charge in [0.2, 0.25) is 0 Å². The molecular formula is C14H19ClN2O2. The molecule has 2 rings (SSSR count). The van der Waals surface area contributed by atoms with E-state index in [2.05, 4.69) is 0 Å². The van der Waals surface area contributed by atoms with Crippen LogP contribution in [0.25, 0.3) is 0 Å². The van der Waals surface area contributed by atoms with Crippen molar-refractivity contribution in [2.24, 2.45) is 5.73 Å². The summed E-state index contributed by atoms with van der Waals surface area (Å²) in [5.74, 6) is 0. The Morgan fingerprint density at radius 3 is 2.53 bits per heavy atom. The van der Waals surface area contributed by atoms with Gasteiger partial charge in [-0.1, -0.05) is 30.3 Å². The number of piperidine rings is 1. The fraction of sp³-hybridized carbons (Fsp3) is 0.500. The predicted octanol–water partition coefficient (Wildman–Crippen LogP) is 2.36. The highest BCUT2D eigenvalue weighted by Gasteiger charge is 2.33. The minimum atomic E-state index is -0.351. The molecule has 0 aromatic heterocycles. The molecule has 0 radical (unpaired) electrons. The monoisotopic (exact) mass is 282 g/mol. The van der Waals surface area contributed by atoms with Crippen LogP contribution in [0.3, 0.4) is 0 Å². The molecule has 0 aliphatic carbocycles. The Labute approximate surface area is 118 Å². The lowest BCUT2D eigenvalue weighted by molar-refractivity contribution is 0.0851. The van der Waals surface area contributed by atoms with Crippen molar-refractivity contribution >= 4 is 17.7 Å². The van der Waals surface area contributed by atoms with E-state index in [0.717, 1.165) is 5.56 Å². The van der Waals surface area contributed by atoms with Crippen LogP contribution in [0.15, 0.2) is 30.3 Å². The third-order valence-electron chi connectivity index (χ3n) is 3.49. The molecular weight excluding hydrogens is 264 g/mol. The van der Waals surface area contributed by atoms with Gasteiger partial charge in [0.1, 0.15) is 6.61 Å². The summed E-state index contributed by atoms with van der Waals surface area (Å²) in [6.45, 7) is 1.96. The van der Waals surface area contributed by atoms with Crippen LogP contribution < -0.4 is 5.73 Å². The second-order valence-electron chi connectivity index (χ2n) is 4.88. The molecule has 1 amide bonds. The molecule has 1 aromatic carbocycles. The van der Waals surface area contributed by atoms with E-state index in [1.807, 2.05) is 30.3 Å². The summed E-state index contributed by atoms with van der Waals surface area (Å²) in [7, 11) is 0. The van der Waals surface area contributed by atoms with E-state index >= 15 is 0 Å². The van der Waals surface area contributed by atoms with Crippen LogP contribution in [-0.4, -0.2) is 35.5 Å². The lowest BCUT2D eigenvalue weighted by Gasteiger charge is -2.36. The molecule has 1 fully saturated rings. The van der Waals surface area contributed by atoms with E-state index in [1.54, 1.807) is 4.90 Å². The normalized spacial score (nSPS) is 18.1. The van der Waals surface area contributed by atoms with Crippen molar-refractivity contribution in [1.82, 2.24) is 4.90 Å². The number of halogens is 1. The van der Waals surface area contributed by atoms with Gasteiger partial charge in [-0.15, -0.1) is 11.6 Å². The number of nitrogens with zero attached hydrogens (tertiary/aromatic N) is 1. The zero-order valence-electron chi connectivity index (χ0n) is 10.8. The number of alkyl halides is 1. The van der Waals surface area contributed by atoms with Gasteiger partial charge >= 0.3 is 6.09 Å². The van der Waals surface area contributed by atoms with Crippen molar-refractivity contribution in [3.63, 3.8) is 0 Å². The van der Waals surface area contributed by atoms with Gasteiger partial charge < -0.3 is 15.4 Å². The van der Waals surface area contributed by atoms with Crippen LogP contribution in [-0.2, 0) is 11.3 Å². The standard InChI is InChI=1S/C14H19ClN2O2/c15-14(11-16)6-8-17(9-7-14)13(18)19-10-12-4-2-1-3-5-12/h1-5H,6-11,16H2. The van der Waals surface area contributed by atoms with E-state index < -0.39 is 0 Å². The number of hydrogen-bond acceptors (Lipinski definition) is 3. The molecule has 1 heterocycles. The fourth-order valence-electron chi connectivity index (χ4n) is 2.10. The van der Waals surface area contributed by atoms with E-state index in [1.165, 1.54) is 0 Å². The third-order valence-corrected chi connectivity index (χ3v) is 4.02. The number of ether oxygens (including phenoxy) is 1. The Hall–Kier alpha value is -1.26. The van der Waals surface area contributed by atoms with Crippen molar-refractivity contribution in [2.75, 3.05) is 19.6 Å². The van der Waals surface area contributed by atoms with Crippen molar-refractivity contribution < 1.29 is 9.53 Å². The molecule has 0 unspecified atom stereocenters. The Kier molecular flexibility index (Phi) is 4.66. The van der Waals surface area contributed by atoms with Gasteiger partial charge in [-0.3, -0.25) is 0 Å². The van der Waals surface area contributed by atoms with Crippen molar-refractivity contribution in [3.8, 4) is 0 Å². The molecule has 1 aliphatic heterocycles. The number of carbonyl (C=O) groups is 1. The van der Waals surface area contributed by atoms with Crippen molar-refractivity contribution in [1.29, 1.82) is 0 Å². The summed E-state index contributed by atoms with van der Waals surface area (Å²) in [4.78, 5) is 13.2. The molecule has 4 nitrogen and oxygen atoms in total. The van der Waals surface area contributed by atoms with Crippen molar-refractivity contribution in [2.45, 2.75) is 24.3 Å². The predicted molar refractivity (Wildman–Crippen MR) is 75.1 cm³/mol. The highest BCUT2D eigenvalue weighted by atomic mass is 35.5. The largest absolute Gasteiger partial charge is 0.445 e. The summed E-state index contributed by atoms with van der Waals surface area (Å²) in [6.07, 6.45) is 1.15. The maximum atomic E-state index is 11.9. The number of nitrogens with two attached hydrogens (primary N) is 1. The summed E-state index contributed by atoms with van der Waals surface area (Å²) < 4.78 is 5.28. The van der Waals surface area contributed by atoms with Crippen LogP contribution in [0.4, 0.5) is 4.79 Å². The Balaban J connectivity index is 1.79. The van der Waals surface area contributed by atoms with Crippen LogP contribution in [0.1, 0.15) is 18.4 Å². The highest BCUT2D eigenvalue weighted by molar-refractivity contribution is 6.24. The van der Waals surface area contributed by atoms with Gasteiger partial charge in [0.05, 0.1) is 4.87 Å². The number of rotatable bonds is 3. The first kappa shape index (κ1) is 14.2. The molecule has 0 atom stereocenters. The average molecular weight is 283 g/mol. The molecule has 0 bridgehead atoms. The second kappa shape index (κ2) is 6.26. The SMILES string of the molecule is NCC1(Cl)CCN(C(=O)OCc2ccccc2)CC1. The van der Waals surface area contributed by atoms with E-state index in [-0.39, 0.29) is 11.0 Å². The summed E-state index contributed by atoms with van der Waals surface area (Å²) >= 11 is 6.30.